The van der Waals surface area contributed by atoms with E-state index in [0.29, 0.717) is 5.92 Å². The van der Waals surface area contributed by atoms with Crippen molar-refractivity contribution >= 4 is 10.4 Å². The van der Waals surface area contributed by atoms with Crippen LogP contribution in [0, 0.1) is 5.92 Å². The monoisotopic (exact) mass is 262 g/mol. The van der Waals surface area contributed by atoms with Crippen LogP contribution >= 0.6 is 0 Å². The standard InChI is InChI=1S/C12H22O4S/c1-11(2)7-6-9-12(3)8-4-5-10-16-17(13,14)15/h4-5,7,12H,6,8-10H2,1-3H3,(H,13,14,15)/b5-4+/t12-/m0/s1. The van der Waals surface area contributed by atoms with Crippen molar-refractivity contribution in [3.8, 4) is 0 Å². The summed E-state index contributed by atoms with van der Waals surface area (Å²) in [4.78, 5) is 0. The molecule has 4 nitrogen and oxygen atoms in total. The Morgan fingerprint density at radius 3 is 2.53 bits per heavy atom. The second-order valence-electron chi connectivity index (χ2n) is 4.38. The molecule has 0 fully saturated rings. The van der Waals surface area contributed by atoms with Crippen LogP contribution in [0.4, 0.5) is 0 Å². The van der Waals surface area contributed by atoms with Crippen molar-refractivity contribution in [3.63, 3.8) is 0 Å². The first kappa shape index (κ1) is 16.4. The van der Waals surface area contributed by atoms with Gasteiger partial charge in [-0.05, 0) is 39.0 Å². The predicted molar refractivity (Wildman–Crippen MR) is 69.1 cm³/mol. The van der Waals surface area contributed by atoms with Crippen LogP contribution < -0.4 is 0 Å². The summed E-state index contributed by atoms with van der Waals surface area (Å²) in [5.41, 5.74) is 1.33. The van der Waals surface area contributed by atoms with Gasteiger partial charge >= 0.3 is 10.4 Å². The van der Waals surface area contributed by atoms with E-state index in [4.69, 9.17) is 4.55 Å². The maximum Gasteiger partial charge on any atom is 0.397 e. The van der Waals surface area contributed by atoms with Gasteiger partial charge < -0.3 is 0 Å². The average molecular weight is 262 g/mol. The third-order valence-electron chi connectivity index (χ3n) is 2.23. The third kappa shape index (κ3) is 13.3. The first-order valence-corrected chi connectivity index (χ1v) is 7.08. The van der Waals surface area contributed by atoms with Crippen molar-refractivity contribution in [1.29, 1.82) is 0 Å². The van der Waals surface area contributed by atoms with E-state index in [0.717, 1.165) is 19.3 Å². The SMILES string of the molecule is CC(C)=CCC[C@@H](C)C/C=C/COS(=O)(=O)O. The summed E-state index contributed by atoms with van der Waals surface area (Å²) in [5.74, 6) is 0.549. The van der Waals surface area contributed by atoms with Gasteiger partial charge in [-0.2, -0.15) is 8.42 Å². The average Bonchev–Trinajstić information content (AvgIpc) is 2.14. The van der Waals surface area contributed by atoms with E-state index in [9.17, 15) is 8.42 Å². The zero-order valence-electron chi connectivity index (χ0n) is 10.7. The topological polar surface area (TPSA) is 63.6 Å². The fourth-order valence-corrected chi connectivity index (χ4v) is 1.55. The molecular formula is C12H22O4S. The lowest BCUT2D eigenvalue weighted by molar-refractivity contribution is 0.296. The zero-order valence-corrected chi connectivity index (χ0v) is 11.5. The quantitative estimate of drug-likeness (QED) is 0.539. The molecule has 0 unspecified atom stereocenters. The van der Waals surface area contributed by atoms with Gasteiger partial charge in [0.2, 0.25) is 0 Å². The first-order valence-electron chi connectivity index (χ1n) is 5.71. The molecule has 1 N–H and O–H groups in total. The molecule has 0 aliphatic rings. The fraction of sp³-hybridized carbons (Fsp3) is 0.667. The molecule has 0 aliphatic heterocycles. The summed E-state index contributed by atoms with van der Waals surface area (Å²) in [5, 5.41) is 0. The molecule has 0 aromatic carbocycles. The van der Waals surface area contributed by atoms with Gasteiger partial charge in [-0.25, -0.2) is 4.18 Å². The minimum atomic E-state index is -4.31. The lowest BCUT2D eigenvalue weighted by Crippen LogP contribution is -2.03. The molecule has 100 valence electrons. The summed E-state index contributed by atoms with van der Waals surface area (Å²) >= 11 is 0. The molecule has 0 bridgehead atoms. The molecule has 0 rings (SSSR count). The number of allylic oxidation sites excluding steroid dienone is 3. The minimum absolute atomic E-state index is 0.112. The fourth-order valence-electron chi connectivity index (χ4n) is 1.30. The summed E-state index contributed by atoms with van der Waals surface area (Å²) in [7, 11) is -4.31. The Morgan fingerprint density at radius 2 is 2.00 bits per heavy atom. The molecule has 0 heterocycles. The van der Waals surface area contributed by atoms with Crippen molar-refractivity contribution in [2.75, 3.05) is 6.61 Å². The third-order valence-corrected chi connectivity index (χ3v) is 2.66. The van der Waals surface area contributed by atoms with E-state index in [-0.39, 0.29) is 6.61 Å². The highest BCUT2D eigenvalue weighted by molar-refractivity contribution is 7.80. The van der Waals surface area contributed by atoms with Gasteiger partial charge in [0.25, 0.3) is 0 Å². The highest BCUT2D eigenvalue weighted by Crippen LogP contribution is 2.12. The van der Waals surface area contributed by atoms with Crippen LogP contribution in [0.3, 0.4) is 0 Å². The van der Waals surface area contributed by atoms with E-state index in [1.165, 1.54) is 5.57 Å². The Bertz CT molecular complexity index is 351. The minimum Gasteiger partial charge on any atom is -0.264 e. The van der Waals surface area contributed by atoms with E-state index in [1.807, 2.05) is 6.08 Å². The molecule has 0 aromatic heterocycles. The maximum absolute atomic E-state index is 10.2. The summed E-state index contributed by atoms with van der Waals surface area (Å²) in [6, 6.07) is 0. The zero-order chi connectivity index (χ0) is 13.3. The Morgan fingerprint density at radius 1 is 1.35 bits per heavy atom. The van der Waals surface area contributed by atoms with Gasteiger partial charge in [0, 0.05) is 0 Å². The van der Waals surface area contributed by atoms with Gasteiger partial charge in [0.1, 0.15) is 0 Å². The van der Waals surface area contributed by atoms with E-state index in [2.05, 4.69) is 31.0 Å². The molecule has 1 atom stereocenters. The number of hydrogen-bond donors (Lipinski definition) is 1. The van der Waals surface area contributed by atoms with Crippen molar-refractivity contribution in [2.24, 2.45) is 5.92 Å². The molecular weight excluding hydrogens is 240 g/mol. The second kappa shape index (κ2) is 8.44. The van der Waals surface area contributed by atoms with Crippen LogP contribution in [0.5, 0.6) is 0 Å². The molecule has 0 spiro atoms. The van der Waals surface area contributed by atoms with Gasteiger partial charge in [0.15, 0.2) is 0 Å². The van der Waals surface area contributed by atoms with Gasteiger partial charge in [-0.15, -0.1) is 0 Å². The Hall–Kier alpha value is -0.650. The van der Waals surface area contributed by atoms with Gasteiger partial charge in [-0.3, -0.25) is 4.55 Å². The molecule has 0 radical (unpaired) electrons. The summed E-state index contributed by atoms with van der Waals surface area (Å²) in [6.07, 6.45) is 8.74. The molecule has 0 saturated heterocycles. The highest BCUT2D eigenvalue weighted by atomic mass is 32.3. The van der Waals surface area contributed by atoms with E-state index >= 15 is 0 Å². The molecule has 0 amide bonds. The van der Waals surface area contributed by atoms with Crippen molar-refractivity contribution in [1.82, 2.24) is 0 Å². The van der Waals surface area contributed by atoms with Crippen LogP contribution in [-0.2, 0) is 14.6 Å². The highest BCUT2D eigenvalue weighted by Gasteiger charge is 2.01. The van der Waals surface area contributed by atoms with Crippen molar-refractivity contribution < 1.29 is 17.2 Å². The summed E-state index contributed by atoms with van der Waals surface area (Å²) < 4.78 is 32.9. The van der Waals surface area contributed by atoms with E-state index in [1.54, 1.807) is 6.08 Å². The van der Waals surface area contributed by atoms with Crippen LogP contribution in [-0.4, -0.2) is 19.6 Å². The predicted octanol–water partition coefficient (Wildman–Crippen LogP) is 3.13. The second-order valence-corrected chi connectivity index (χ2v) is 5.47. The van der Waals surface area contributed by atoms with Crippen molar-refractivity contribution in [3.05, 3.63) is 23.8 Å². The van der Waals surface area contributed by atoms with Crippen LogP contribution in [0.15, 0.2) is 23.8 Å². The lowest BCUT2D eigenvalue weighted by Gasteiger charge is -2.06. The Kier molecular flexibility index (Phi) is 8.12. The molecule has 5 heteroatoms. The van der Waals surface area contributed by atoms with Gasteiger partial charge in [-0.1, -0.05) is 30.7 Å². The molecule has 17 heavy (non-hydrogen) atoms. The first-order chi connectivity index (χ1) is 7.81. The van der Waals surface area contributed by atoms with Crippen LogP contribution in [0.25, 0.3) is 0 Å². The maximum atomic E-state index is 10.2. The number of hydrogen-bond acceptors (Lipinski definition) is 3. The van der Waals surface area contributed by atoms with Crippen LogP contribution in [0.2, 0.25) is 0 Å². The summed E-state index contributed by atoms with van der Waals surface area (Å²) in [6.45, 7) is 6.20. The Labute approximate surface area is 104 Å². The van der Waals surface area contributed by atoms with Gasteiger partial charge in [0.05, 0.1) is 6.61 Å². The molecule has 0 aliphatic carbocycles. The van der Waals surface area contributed by atoms with Crippen LogP contribution in [0.1, 0.15) is 40.0 Å². The normalized spacial score (nSPS) is 13.9. The molecule has 0 saturated carbocycles. The smallest absolute Gasteiger partial charge is 0.264 e. The van der Waals surface area contributed by atoms with E-state index < -0.39 is 10.4 Å². The lowest BCUT2D eigenvalue weighted by atomic mass is 10.0. The largest absolute Gasteiger partial charge is 0.397 e. The molecule has 0 aromatic rings. The Balaban J connectivity index is 3.66. The number of rotatable bonds is 8. The van der Waals surface area contributed by atoms with Crippen molar-refractivity contribution in [2.45, 2.75) is 40.0 Å².